The monoisotopic (exact) mass is 607 g/mol. The Kier molecular flexibility index (Phi) is 18.7. The number of hydrogen-bond acceptors (Lipinski definition) is 7. The van der Waals surface area contributed by atoms with Crippen molar-refractivity contribution in [3.05, 3.63) is 83.9 Å². The number of aliphatic hydroxyl groups excluding tert-OH is 1. The highest BCUT2D eigenvalue weighted by Crippen LogP contribution is 2.20. The number of unbranched alkanes of at least 4 members (excludes halogenated alkanes) is 1. The molecule has 2 N–H and O–H groups in total. The summed E-state index contributed by atoms with van der Waals surface area (Å²) in [5.41, 5.74) is 1.63. The Morgan fingerprint density at radius 3 is 2.00 bits per heavy atom. The van der Waals surface area contributed by atoms with E-state index in [1.165, 1.54) is 0 Å². The van der Waals surface area contributed by atoms with Gasteiger partial charge in [0.2, 0.25) is 5.91 Å². The smallest absolute Gasteiger partial charge is 0.376 e. The molecule has 1 atom stereocenters. The first-order valence-corrected chi connectivity index (χ1v) is 15.3. The van der Waals surface area contributed by atoms with E-state index in [4.69, 9.17) is 14.6 Å². The molecule has 1 unspecified atom stereocenters. The summed E-state index contributed by atoms with van der Waals surface area (Å²) in [6.07, 6.45) is 1.62. The van der Waals surface area contributed by atoms with Crippen LogP contribution in [0.25, 0.3) is 10.8 Å². The Morgan fingerprint density at radius 2 is 1.39 bits per heavy atom. The maximum absolute atomic E-state index is 13.0. The molecular weight excluding hydrogens is 558 g/mol. The zero-order chi connectivity index (χ0) is 32.9. The van der Waals surface area contributed by atoms with Crippen LogP contribution in [0.2, 0.25) is 0 Å². The molecule has 0 aliphatic carbocycles. The second-order valence-corrected chi connectivity index (χ2v) is 11.4. The van der Waals surface area contributed by atoms with Gasteiger partial charge in [-0.05, 0) is 54.5 Å². The van der Waals surface area contributed by atoms with Gasteiger partial charge in [0.1, 0.15) is 6.61 Å². The van der Waals surface area contributed by atoms with E-state index < -0.39 is 36.1 Å². The Hall–Kier alpha value is -4.04. The zero-order valence-corrected chi connectivity index (χ0v) is 27.0. The van der Waals surface area contributed by atoms with Gasteiger partial charge in [0.15, 0.2) is 0 Å². The normalized spacial score (nSPS) is 11.0. The molecule has 0 aromatic heterocycles. The van der Waals surface area contributed by atoms with E-state index in [0.29, 0.717) is 6.61 Å². The van der Waals surface area contributed by atoms with E-state index in [1.54, 1.807) is 38.1 Å². The van der Waals surface area contributed by atoms with Crippen molar-refractivity contribution in [3.8, 4) is 0 Å². The van der Waals surface area contributed by atoms with Crippen molar-refractivity contribution >= 4 is 34.4 Å². The molecule has 0 bridgehead atoms. The number of carbonyl (C=O) groups excluding carboxylic acids is 4. The van der Waals surface area contributed by atoms with Gasteiger partial charge in [0.25, 0.3) is 5.78 Å². The van der Waals surface area contributed by atoms with E-state index in [0.717, 1.165) is 40.7 Å². The van der Waals surface area contributed by atoms with Crippen molar-refractivity contribution in [1.82, 2.24) is 5.32 Å². The number of Topliss-reactive ketones (excluding diaryl/α,β-unsaturated/α-hetero) is 1. The summed E-state index contributed by atoms with van der Waals surface area (Å²) in [6, 6.07) is 22.7. The molecule has 3 rings (SSSR count). The van der Waals surface area contributed by atoms with Crippen molar-refractivity contribution in [3.63, 3.8) is 0 Å². The Labute approximate surface area is 262 Å². The van der Waals surface area contributed by atoms with E-state index >= 15 is 0 Å². The zero-order valence-electron chi connectivity index (χ0n) is 27.0. The fraction of sp³-hybridized carbons (Fsp3) is 0.444. The number of rotatable bonds is 13. The molecule has 240 valence electrons. The van der Waals surface area contributed by atoms with Crippen LogP contribution in [0.4, 0.5) is 0 Å². The molecule has 0 heterocycles. The number of esters is 2. The maximum Gasteiger partial charge on any atom is 0.376 e. The van der Waals surface area contributed by atoms with Gasteiger partial charge in [0.05, 0.1) is 25.5 Å². The number of fused-ring (bicyclic) bond motifs is 1. The summed E-state index contributed by atoms with van der Waals surface area (Å²) < 4.78 is 10.3. The highest BCUT2D eigenvalue weighted by Gasteiger charge is 2.25. The Bertz CT molecular complexity index is 1280. The van der Waals surface area contributed by atoms with Gasteiger partial charge in [-0.2, -0.15) is 0 Å². The molecule has 0 aliphatic rings. The molecule has 8 heteroatoms. The van der Waals surface area contributed by atoms with Crippen molar-refractivity contribution in [2.24, 2.45) is 11.8 Å². The predicted octanol–water partition coefficient (Wildman–Crippen LogP) is 6.21. The number of nitrogens with one attached hydrogen (secondary N) is 1. The Balaban J connectivity index is 0.00000108. The Morgan fingerprint density at radius 1 is 0.795 bits per heavy atom. The van der Waals surface area contributed by atoms with Crippen molar-refractivity contribution in [2.45, 2.75) is 79.9 Å². The van der Waals surface area contributed by atoms with Gasteiger partial charge in [-0.3, -0.25) is 14.4 Å². The second-order valence-electron chi connectivity index (χ2n) is 11.4. The molecule has 1 amide bonds. The van der Waals surface area contributed by atoms with Crippen LogP contribution in [0, 0.1) is 11.8 Å². The van der Waals surface area contributed by atoms with Crippen LogP contribution in [0.3, 0.4) is 0 Å². The molecule has 8 nitrogen and oxygen atoms in total. The lowest BCUT2D eigenvalue weighted by Crippen LogP contribution is -2.39. The van der Waals surface area contributed by atoms with E-state index in [9.17, 15) is 19.2 Å². The maximum atomic E-state index is 13.0. The van der Waals surface area contributed by atoms with Crippen LogP contribution in [-0.2, 0) is 41.7 Å². The summed E-state index contributed by atoms with van der Waals surface area (Å²) in [5, 5.41) is 12.6. The third kappa shape index (κ3) is 17.2. The molecule has 0 fully saturated rings. The minimum absolute atomic E-state index is 0.0342. The van der Waals surface area contributed by atoms with Crippen LogP contribution < -0.4 is 5.32 Å². The molecule has 0 saturated heterocycles. The van der Waals surface area contributed by atoms with Crippen molar-refractivity contribution < 1.29 is 33.8 Å². The van der Waals surface area contributed by atoms with Gasteiger partial charge in [-0.15, -0.1) is 0 Å². The lowest BCUT2D eigenvalue weighted by Gasteiger charge is -2.17. The molecule has 0 aliphatic heterocycles. The van der Waals surface area contributed by atoms with E-state index in [2.05, 4.69) is 26.1 Å². The van der Waals surface area contributed by atoms with Gasteiger partial charge in [0, 0.05) is 6.10 Å². The lowest BCUT2D eigenvalue weighted by molar-refractivity contribution is -0.154. The quantitative estimate of drug-likeness (QED) is 0.135. The SMILES string of the molecule is CC(C)C.CC(C)O.CCCCOC(=O)CC(Cc1ccc2ccccc2c1)C(=O)NCC(=O)C(=O)OCc1ccccc1. The van der Waals surface area contributed by atoms with Crippen LogP contribution in [0.5, 0.6) is 0 Å². The first-order valence-electron chi connectivity index (χ1n) is 15.3. The highest BCUT2D eigenvalue weighted by atomic mass is 16.5. The summed E-state index contributed by atoms with van der Waals surface area (Å²) in [7, 11) is 0. The molecule has 0 saturated carbocycles. The molecule has 44 heavy (non-hydrogen) atoms. The minimum atomic E-state index is -1.02. The standard InChI is InChI=1S/C29H31NO6.C4H10.C3H8O/c1-2-3-15-35-27(32)18-25(17-22-13-14-23-11-7-8-12-24(23)16-22)28(33)30-19-26(31)29(34)36-20-21-9-5-4-6-10-21;1-4(2)3;1-3(2)4/h4-14,16,25H,2-3,15,17-20H2,1H3,(H,30,33);4H,1-3H3;3-4H,1-2H3. The molecule has 0 radical (unpaired) electrons. The predicted molar refractivity (Wildman–Crippen MR) is 174 cm³/mol. The highest BCUT2D eigenvalue weighted by molar-refractivity contribution is 6.34. The van der Waals surface area contributed by atoms with Gasteiger partial charge in [-0.25, -0.2) is 4.79 Å². The van der Waals surface area contributed by atoms with Crippen LogP contribution in [0.1, 0.15) is 71.9 Å². The summed E-state index contributed by atoms with van der Waals surface area (Å²) in [5.74, 6) is -2.79. The average Bonchev–Trinajstić information content (AvgIpc) is 2.98. The number of aliphatic hydroxyl groups is 1. The molecule has 3 aromatic rings. The molecular formula is C36H49NO7. The van der Waals surface area contributed by atoms with Crippen molar-refractivity contribution in [1.29, 1.82) is 0 Å². The minimum Gasteiger partial charge on any atom is -0.466 e. The van der Waals surface area contributed by atoms with Crippen LogP contribution >= 0.6 is 0 Å². The van der Waals surface area contributed by atoms with E-state index in [-0.39, 0.29) is 25.6 Å². The number of carbonyl (C=O) groups is 4. The van der Waals surface area contributed by atoms with Crippen molar-refractivity contribution in [2.75, 3.05) is 13.2 Å². The summed E-state index contributed by atoms with van der Waals surface area (Å²) >= 11 is 0. The number of benzene rings is 3. The third-order valence-corrected chi connectivity index (χ3v) is 5.70. The van der Waals surface area contributed by atoms with Crippen LogP contribution in [-0.4, -0.2) is 48.0 Å². The number of hydrogen-bond donors (Lipinski definition) is 2. The second kappa shape index (κ2) is 21.6. The topological polar surface area (TPSA) is 119 Å². The fourth-order valence-corrected chi connectivity index (χ4v) is 3.69. The summed E-state index contributed by atoms with van der Waals surface area (Å²) in [4.78, 5) is 49.6. The molecule has 3 aromatic carbocycles. The van der Waals surface area contributed by atoms with Gasteiger partial charge < -0.3 is 19.9 Å². The van der Waals surface area contributed by atoms with E-state index in [1.807, 2.05) is 55.5 Å². The van der Waals surface area contributed by atoms with Crippen LogP contribution in [0.15, 0.2) is 72.8 Å². The lowest BCUT2D eigenvalue weighted by atomic mass is 9.93. The first kappa shape index (κ1) is 38.0. The number of ether oxygens (including phenoxy) is 2. The van der Waals surface area contributed by atoms with Gasteiger partial charge >= 0.3 is 11.9 Å². The van der Waals surface area contributed by atoms with Gasteiger partial charge in [-0.1, -0.05) is 107 Å². The largest absolute Gasteiger partial charge is 0.466 e. The summed E-state index contributed by atoms with van der Waals surface area (Å²) in [6.45, 7) is 11.7. The number of amides is 1. The molecule has 0 spiro atoms. The number of ketones is 1. The third-order valence-electron chi connectivity index (χ3n) is 5.70. The fourth-order valence-electron chi connectivity index (χ4n) is 3.69. The average molecular weight is 608 g/mol. The first-order chi connectivity index (χ1) is 20.9.